The molecule has 1 nitrogen and oxygen atoms in total. The topological polar surface area (TPSA) is 20.2 Å². The summed E-state index contributed by atoms with van der Waals surface area (Å²) in [5.74, 6) is 1.48. The Morgan fingerprint density at radius 3 is 2.28 bits per heavy atom. The fraction of sp³-hybridized carbons (Fsp3) is 0.769. The fourth-order valence-corrected chi connectivity index (χ4v) is 7.02. The summed E-state index contributed by atoms with van der Waals surface area (Å²) in [6.45, 7) is 9.26. The number of benzene rings is 1. The summed E-state index contributed by atoms with van der Waals surface area (Å²) in [5, 5.41) is 12.5. The maximum Gasteiger partial charge on any atom is 0.123 e. The van der Waals surface area contributed by atoms with E-state index in [1.54, 1.807) is 0 Å². The van der Waals surface area contributed by atoms with Crippen LogP contribution in [0.15, 0.2) is 12.1 Å². The minimum absolute atomic E-state index is 0.0964. The van der Waals surface area contributed by atoms with Gasteiger partial charge in [-0.2, -0.15) is 24.4 Å². The maximum absolute atomic E-state index is 11.4. The predicted octanol–water partition coefficient (Wildman–Crippen LogP) is 8.17. The van der Waals surface area contributed by atoms with E-state index in [2.05, 4.69) is 39.8 Å². The van der Waals surface area contributed by atoms with Crippen LogP contribution in [0.4, 0.5) is 0 Å². The van der Waals surface area contributed by atoms with Gasteiger partial charge in [0.05, 0.1) is 0 Å². The highest BCUT2D eigenvalue weighted by molar-refractivity contribution is 8.00. The summed E-state index contributed by atoms with van der Waals surface area (Å²) >= 11 is 6.98. The summed E-state index contributed by atoms with van der Waals surface area (Å²) in [6, 6.07) is 4.61. The van der Waals surface area contributed by atoms with Crippen LogP contribution in [-0.2, 0) is 16.6 Å². The molecule has 2 aliphatic carbocycles. The molecule has 0 aliphatic heterocycles. The Labute approximate surface area is 189 Å². The zero-order chi connectivity index (χ0) is 21.1. The van der Waals surface area contributed by atoms with Crippen molar-refractivity contribution in [3.8, 4) is 5.75 Å². The van der Waals surface area contributed by atoms with E-state index in [1.807, 2.05) is 11.8 Å². The van der Waals surface area contributed by atoms with Gasteiger partial charge in [-0.1, -0.05) is 84.8 Å². The van der Waals surface area contributed by atoms with E-state index < -0.39 is 0 Å². The normalized spacial score (nSPS) is 26.0. The molecule has 1 aromatic rings. The summed E-state index contributed by atoms with van der Waals surface area (Å²) < 4.78 is 0. The fourth-order valence-electron chi connectivity index (χ4n) is 5.12. The molecule has 0 saturated heterocycles. The zero-order valence-electron chi connectivity index (χ0n) is 19.1. The van der Waals surface area contributed by atoms with Gasteiger partial charge in [-0.05, 0) is 42.1 Å². The van der Waals surface area contributed by atoms with Crippen LogP contribution in [-0.4, -0.2) is 15.6 Å². The molecule has 0 heterocycles. The molecule has 3 heteroatoms. The highest BCUT2D eigenvalue weighted by Gasteiger charge is 2.33. The Hall–Kier alpha value is -0.280. The van der Waals surface area contributed by atoms with E-state index in [0.29, 0.717) is 16.2 Å². The van der Waals surface area contributed by atoms with Gasteiger partial charge in [0.25, 0.3) is 0 Å². The van der Waals surface area contributed by atoms with Crippen LogP contribution >= 0.6 is 24.4 Å². The van der Waals surface area contributed by atoms with Crippen molar-refractivity contribution in [2.24, 2.45) is 0 Å². The Morgan fingerprint density at radius 2 is 1.62 bits per heavy atom. The van der Waals surface area contributed by atoms with Crippen molar-refractivity contribution in [2.45, 2.75) is 125 Å². The van der Waals surface area contributed by atoms with E-state index in [-0.39, 0.29) is 10.8 Å². The average molecular weight is 435 g/mol. The Kier molecular flexibility index (Phi) is 7.98. The largest absolute Gasteiger partial charge is 0.507 e. The second-order valence-electron chi connectivity index (χ2n) is 10.8. The second kappa shape index (κ2) is 9.90. The summed E-state index contributed by atoms with van der Waals surface area (Å²) in [5.41, 5.74) is 3.94. The Balaban J connectivity index is 1.87. The minimum Gasteiger partial charge on any atom is -0.507 e. The van der Waals surface area contributed by atoms with Gasteiger partial charge in [0.15, 0.2) is 0 Å². The minimum atomic E-state index is 0.0964. The number of hydrogen-bond acceptors (Lipinski definition) is 3. The first kappa shape index (κ1) is 23.4. The maximum atomic E-state index is 11.4. The average Bonchev–Trinajstić information content (AvgIpc) is 2.65. The van der Waals surface area contributed by atoms with Crippen LogP contribution < -0.4 is 0 Å². The number of rotatable bonds is 4. The molecule has 1 aromatic carbocycles. The van der Waals surface area contributed by atoms with Crippen LogP contribution in [0, 0.1) is 0 Å². The quantitative estimate of drug-likeness (QED) is 0.466. The molecule has 2 saturated carbocycles. The van der Waals surface area contributed by atoms with Crippen molar-refractivity contribution >= 4 is 24.4 Å². The Bertz CT molecular complexity index is 670. The third kappa shape index (κ3) is 5.91. The molecule has 0 unspecified atom stereocenters. The standard InChI is InChI=1S/C26H42OS2/c1-25(2,3)20-16-19(18-29-23-13-9-6-5-8-12-22(23)28)24(27)21(17-20)26(4)14-10-7-11-15-26/h16-17,22-23,27-28H,5-15,18H2,1-4H3/t22-,23-/m1/s1. The van der Waals surface area contributed by atoms with Gasteiger partial charge in [-0.3, -0.25) is 0 Å². The van der Waals surface area contributed by atoms with Crippen LogP contribution in [0.1, 0.15) is 115 Å². The zero-order valence-corrected chi connectivity index (χ0v) is 20.8. The molecule has 0 radical (unpaired) electrons. The molecule has 2 fully saturated rings. The third-order valence-corrected chi connectivity index (χ3v) is 9.57. The van der Waals surface area contributed by atoms with Gasteiger partial charge in [0.1, 0.15) is 5.75 Å². The van der Waals surface area contributed by atoms with E-state index in [0.717, 1.165) is 11.3 Å². The van der Waals surface area contributed by atoms with Crippen molar-refractivity contribution in [1.82, 2.24) is 0 Å². The van der Waals surface area contributed by atoms with E-state index in [4.69, 9.17) is 12.6 Å². The molecule has 0 bridgehead atoms. The van der Waals surface area contributed by atoms with Gasteiger partial charge in [-0.25, -0.2) is 0 Å². The Morgan fingerprint density at radius 1 is 1.00 bits per heavy atom. The summed E-state index contributed by atoms with van der Waals surface area (Å²) in [4.78, 5) is 0. The lowest BCUT2D eigenvalue weighted by Gasteiger charge is -2.36. The molecule has 1 N–H and O–H groups in total. The van der Waals surface area contributed by atoms with Crippen LogP contribution in [0.5, 0.6) is 5.75 Å². The number of phenols is 1. The number of hydrogen-bond donors (Lipinski definition) is 2. The molecule has 0 spiro atoms. The highest BCUT2D eigenvalue weighted by Crippen LogP contribution is 2.46. The SMILES string of the molecule is CC(C)(C)c1cc(CS[C@@H]2CCCCCC[C@H]2S)c(O)c(C2(C)CCCCC2)c1. The number of thioether (sulfide) groups is 1. The molecular formula is C26H42OS2. The van der Waals surface area contributed by atoms with Crippen molar-refractivity contribution in [1.29, 1.82) is 0 Å². The lowest BCUT2D eigenvalue weighted by molar-refractivity contribution is 0.307. The first-order valence-corrected chi connectivity index (χ1v) is 13.4. The van der Waals surface area contributed by atoms with Crippen molar-refractivity contribution in [2.75, 3.05) is 0 Å². The molecule has 2 atom stereocenters. The summed E-state index contributed by atoms with van der Waals surface area (Å²) in [7, 11) is 0. The van der Waals surface area contributed by atoms with E-state index >= 15 is 0 Å². The third-order valence-electron chi connectivity index (χ3n) is 7.28. The van der Waals surface area contributed by atoms with Crippen LogP contribution in [0.25, 0.3) is 0 Å². The molecule has 0 aromatic heterocycles. The molecule has 164 valence electrons. The molecule has 3 rings (SSSR count). The van der Waals surface area contributed by atoms with Gasteiger partial charge < -0.3 is 5.11 Å². The van der Waals surface area contributed by atoms with Gasteiger partial charge >= 0.3 is 0 Å². The molecule has 2 aliphatic rings. The molecule has 0 amide bonds. The molecular weight excluding hydrogens is 392 g/mol. The van der Waals surface area contributed by atoms with Gasteiger partial charge in [-0.15, -0.1) is 0 Å². The van der Waals surface area contributed by atoms with Crippen molar-refractivity contribution < 1.29 is 5.11 Å². The molecule has 29 heavy (non-hydrogen) atoms. The lowest BCUT2D eigenvalue weighted by atomic mass is 9.69. The van der Waals surface area contributed by atoms with Gasteiger partial charge in [0, 0.05) is 27.4 Å². The number of phenolic OH excluding ortho intramolecular Hbond substituents is 1. The smallest absolute Gasteiger partial charge is 0.123 e. The van der Waals surface area contributed by atoms with Crippen molar-refractivity contribution in [3.63, 3.8) is 0 Å². The highest BCUT2D eigenvalue weighted by atomic mass is 32.2. The summed E-state index contributed by atoms with van der Waals surface area (Å²) in [6.07, 6.45) is 14.2. The number of thiol groups is 1. The van der Waals surface area contributed by atoms with Crippen molar-refractivity contribution in [3.05, 3.63) is 28.8 Å². The lowest BCUT2D eigenvalue weighted by Crippen LogP contribution is -2.26. The predicted molar refractivity (Wildman–Crippen MR) is 133 cm³/mol. The first-order valence-electron chi connectivity index (χ1n) is 11.9. The van der Waals surface area contributed by atoms with Crippen LogP contribution in [0.2, 0.25) is 0 Å². The monoisotopic (exact) mass is 434 g/mol. The number of aromatic hydroxyl groups is 1. The van der Waals surface area contributed by atoms with E-state index in [9.17, 15) is 5.11 Å². The first-order chi connectivity index (χ1) is 13.7. The van der Waals surface area contributed by atoms with E-state index in [1.165, 1.54) is 81.8 Å². The second-order valence-corrected chi connectivity index (χ2v) is 12.7. The van der Waals surface area contributed by atoms with Gasteiger partial charge in [0.2, 0.25) is 0 Å². The van der Waals surface area contributed by atoms with Crippen LogP contribution in [0.3, 0.4) is 0 Å².